The predicted octanol–water partition coefficient (Wildman–Crippen LogP) is 1.48. The van der Waals surface area contributed by atoms with Gasteiger partial charge in [0.1, 0.15) is 6.04 Å². The molecule has 0 aliphatic carbocycles. The normalized spacial score (nSPS) is 12.7. The van der Waals surface area contributed by atoms with Crippen LogP contribution in [0.1, 0.15) is 40.0 Å². The van der Waals surface area contributed by atoms with E-state index in [0.29, 0.717) is 12.2 Å². The second kappa shape index (κ2) is 13.5. The van der Waals surface area contributed by atoms with Gasteiger partial charge in [-0.25, -0.2) is 4.79 Å². The highest BCUT2D eigenvalue weighted by Gasteiger charge is 2.28. The zero-order valence-corrected chi connectivity index (χ0v) is 17.1. The number of nitrogens with one attached hydrogen (secondary N) is 2. The van der Waals surface area contributed by atoms with Crippen molar-refractivity contribution in [3.05, 3.63) is 0 Å². The molecule has 0 unspecified atom stereocenters. The Balaban J connectivity index is 5.10. The van der Waals surface area contributed by atoms with Gasteiger partial charge in [0.15, 0.2) is 5.12 Å². The summed E-state index contributed by atoms with van der Waals surface area (Å²) in [5.74, 6) is -0.807. The molecular formula is C16H26N3O5S2+. The molecule has 0 radical (unpaired) electrons. The smallest absolute Gasteiger partial charge is 0.372 e. The number of carbonyl (C=O) groups excluding carboxylic acids is 4. The van der Waals surface area contributed by atoms with E-state index in [1.165, 1.54) is 6.92 Å². The third-order valence-electron chi connectivity index (χ3n) is 3.03. The first-order chi connectivity index (χ1) is 12.2. The van der Waals surface area contributed by atoms with Crippen LogP contribution in [0.5, 0.6) is 0 Å². The lowest BCUT2D eigenvalue weighted by Gasteiger charge is -2.21. The topological polar surface area (TPSA) is 127 Å². The van der Waals surface area contributed by atoms with Crippen molar-refractivity contribution in [2.75, 3.05) is 12.0 Å². The number of thioether (sulfide) groups is 2. The minimum Gasteiger partial charge on any atom is -0.461 e. The molecule has 0 saturated carbocycles. The lowest BCUT2D eigenvalue weighted by molar-refractivity contribution is -0.151. The van der Waals surface area contributed by atoms with Crippen LogP contribution in [0, 0.1) is 5.53 Å². The number of ketones is 1. The monoisotopic (exact) mass is 404 g/mol. The number of amides is 1. The molecule has 2 N–H and O–H groups in total. The van der Waals surface area contributed by atoms with E-state index in [-0.39, 0.29) is 24.1 Å². The van der Waals surface area contributed by atoms with E-state index >= 15 is 0 Å². The number of rotatable bonds is 12. The number of esters is 1. The lowest BCUT2D eigenvalue weighted by Crippen LogP contribution is -2.46. The first-order valence-corrected chi connectivity index (χ1v) is 10.4. The molecule has 0 fully saturated rings. The fraction of sp³-hybridized carbons (Fsp3) is 0.688. The summed E-state index contributed by atoms with van der Waals surface area (Å²) in [5.41, 5.74) is 6.65. The molecule has 0 aromatic heterocycles. The third kappa shape index (κ3) is 11.1. The van der Waals surface area contributed by atoms with Crippen molar-refractivity contribution in [3.63, 3.8) is 0 Å². The van der Waals surface area contributed by atoms with Crippen molar-refractivity contribution in [1.82, 2.24) is 5.32 Å². The summed E-state index contributed by atoms with van der Waals surface area (Å²) in [6, 6.07) is -1.00. The van der Waals surface area contributed by atoms with E-state index in [4.69, 9.17) is 10.3 Å². The number of ether oxygens (including phenoxy) is 1. The van der Waals surface area contributed by atoms with E-state index in [1.807, 2.05) is 6.26 Å². The second-order valence-electron chi connectivity index (χ2n) is 5.69. The number of carbonyl (C=O) groups is 4. The summed E-state index contributed by atoms with van der Waals surface area (Å²) in [5, 5.41) is 1.80. The number of hydrogen-bond acceptors (Lipinski definition) is 8. The molecule has 0 heterocycles. The Bertz CT molecular complexity index is 562. The molecule has 10 heteroatoms. The maximum atomic E-state index is 12.5. The maximum absolute atomic E-state index is 12.5. The Morgan fingerprint density at radius 2 is 1.88 bits per heavy atom. The van der Waals surface area contributed by atoms with Gasteiger partial charge >= 0.3 is 12.2 Å². The van der Waals surface area contributed by atoms with Crippen LogP contribution < -0.4 is 5.32 Å². The molecule has 0 aliphatic heterocycles. The van der Waals surface area contributed by atoms with Crippen LogP contribution >= 0.6 is 23.5 Å². The van der Waals surface area contributed by atoms with Crippen molar-refractivity contribution in [2.45, 2.75) is 57.4 Å². The van der Waals surface area contributed by atoms with Gasteiger partial charge in [-0.2, -0.15) is 11.8 Å². The Kier molecular flexibility index (Phi) is 12.7. The molecule has 1 amide bonds. The summed E-state index contributed by atoms with van der Waals surface area (Å²) in [6.07, 6.45) is 2.83. The molecule has 0 aliphatic rings. The average molecular weight is 405 g/mol. The zero-order chi connectivity index (χ0) is 20.1. The molecule has 0 saturated heterocycles. The highest BCUT2D eigenvalue weighted by molar-refractivity contribution is 8.14. The van der Waals surface area contributed by atoms with E-state index in [9.17, 15) is 19.2 Å². The first kappa shape index (κ1) is 24.4. The standard InChI is InChI=1S/C16H25N3O5S2/c1-10(2)24-16(23)13(6-5-12(21)9-18-17)19-15(22)14(7-8-25-4)26-11(3)20/h9-10,13-14,17H,5-8H2,1-4H3/p+1/t13-,14-/m0/s1. The van der Waals surface area contributed by atoms with E-state index in [1.54, 1.807) is 25.6 Å². The zero-order valence-electron chi connectivity index (χ0n) is 15.4. The molecule has 26 heavy (non-hydrogen) atoms. The van der Waals surface area contributed by atoms with Crippen molar-refractivity contribution < 1.29 is 28.7 Å². The van der Waals surface area contributed by atoms with Crippen molar-refractivity contribution >= 4 is 52.5 Å². The first-order valence-electron chi connectivity index (χ1n) is 8.10. The molecule has 0 rings (SSSR count). The quantitative estimate of drug-likeness (QED) is 0.218. The van der Waals surface area contributed by atoms with Crippen molar-refractivity contribution in [2.24, 2.45) is 0 Å². The number of hydrogen-bond donors (Lipinski definition) is 2. The highest BCUT2D eigenvalue weighted by atomic mass is 32.2. The molecule has 0 spiro atoms. The fourth-order valence-electron chi connectivity index (χ4n) is 1.92. The van der Waals surface area contributed by atoms with E-state index in [0.717, 1.165) is 18.0 Å². The van der Waals surface area contributed by atoms with Crippen molar-refractivity contribution in [1.29, 1.82) is 5.53 Å². The fourth-order valence-corrected chi connectivity index (χ4v) is 3.35. The predicted molar refractivity (Wildman–Crippen MR) is 102 cm³/mol. The lowest BCUT2D eigenvalue weighted by atomic mass is 10.1. The Hall–Kier alpha value is -1.64. The summed E-state index contributed by atoms with van der Waals surface area (Å²) < 4.78 is 5.13. The minimum atomic E-state index is -1.00. The van der Waals surface area contributed by atoms with Gasteiger partial charge in [-0.05, 0) is 38.7 Å². The third-order valence-corrected chi connectivity index (χ3v) is 4.74. The molecule has 2 atom stereocenters. The van der Waals surface area contributed by atoms with E-state index in [2.05, 4.69) is 10.1 Å². The summed E-state index contributed by atoms with van der Waals surface area (Å²) >= 11 is 2.47. The van der Waals surface area contributed by atoms with Gasteiger partial charge in [0.05, 0.1) is 21.7 Å². The van der Waals surface area contributed by atoms with Gasteiger partial charge < -0.3 is 10.1 Å². The number of nitrogens with zero attached hydrogens (tertiary/aromatic N) is 1. The molecule has 0 aromatic carbocycles. The summed E-state index contributed by atoms with van der Waals surface area (Å²) in [7, 11) is 0. The average Bonchev–Trinajstić information content (AvgIpc) is 2.54. The van der Waals surface area contributed by atoms with Gasteiger partial charge in [-0.15, -0.1) is 0 Å². The Labute approximate surface area is 161 Å². The number of Topliss-reactive ketones (excluding diaryl/α,β-unsaturated/α-hetero) is 1. The SMILES string of the molecule is CSCC[C@H](SC(C)=O)C(=O)N[C@@H](CCC(=O)C=[N+]=N)C(=O)OC(C)C. The molecule has 8 nitrogen and oxygen atoms in total. The largest absolute Gasteiger partial charge is 0.461 e. The maximum Gasteiger partial charge on any atom is 0.372 e. The van der Waals surface area contributed by atoms with E-state index < -0.39 is 29.0 Å². The minimum absolute atomic E-state index is 0.0299. The highest BCUT2D eigenvalue weighted by Crippen LogP contribution is 2.18. The van der Waals surface area contributed by atoms with Gasteiger partial charge in [0.2, 0.25) is 11.7 Å². The van der Waals surface area contributed by atoms with Crippen LogP contribution in [0.3, 0.4) is 0 Å². The summed E-state index contributed by atoms with van der Waals surface area (Å²) in [4.78, 5) is 50.5. The van der Waals surface area contributed by atoms with Crippen LogP contribution in [0.25, 0.3) is 0 Å². The Morgan fingerprint density at radius 1 is 1.23 bits per heavy atom. The van der Waals surface area contributed by atoms with Crippen LogP contribution in [-0.2, 0) is 23.9 Å². The molecule has 0 aromatic rings. The Morgan fingerprint density at radius 3 is 2.38 bits per heavy atom. The molecule has 146 valence electrons. The van der Waals surface area contributed by atoms with Crippen LogP contribution in [0.4, 0.5) is 0 Å². The van der Waals surface area contributed by atoms with Gasteiger partial charge in [0, 0.05) is 13.3 Å². The van der Waals surface area contributed by atoms with Gasteiger partial charge in [-0.1, -0.05) is 11.8 Å². The van der Waals surface area contributed by atoms with Gasteiger partial charge in [-0.3, -0.25) is 14.4 Å². The molecule has 0 bridgehead atoms. The van der Waals surface area contributed by atoms with Crippen LogP contribution in [0.15, 0.2) is 0 Å². The van der Waals surface area contributed by atoms with Crippen molar-refractivity contribution in [3.8, 4) is 0 Å². The van der Waals surface area contributed by atoms with Crippen LogP contribution in [-0.4, -0.2) is 63.2 Å². The second-order valence-corrected chi connectivity index (χ2v) is 8.05. The van der Waals surface area contributed by atoms with Gasteiger partial charge in [0.25, 0.3) is 0 Å². The molecular weight excluding hydrogens is 378 g/mol. The summed E-state index contributed by atoms with van der Waals surface area (Å²) in [6.45, 7) is 4.75. The van der Waals surface area contributed by atoms with Crippen LogP contribution in [0.2, 0.25) is 0 Å².